The van der Waals surface area contributed by atoms with Crippen LogP contribution in [0.2, 0.25) is 0 Å². The van der Waals surface area contributed by atoms with Crippen LogP contribution in [0.5, 0.6) is 11.5 Å². The topological polar surface area (TPSA) is 54.0 Å². The van der Waals surface area contributed by atoms with Gasteiger partial charge in [-0.15, -0.1) is 0 Å². The lowest BCUT2D eigenvalue weighted by atomic mass is 10.1. The van der Waals surface area contributed by atoms with Gasteiger partial charge in [-0.25, -0.2) is 0 Å². The minimum absolute atomic E-state index is 0.0625. The van der Waals surface area contributed by atoms with E-state index in [-0.39, 0.29) is 11.9 Å². The van der Waals surface area contributed by atoms with Gasteiger partial charge in [-0.1, -0.05) is 24.3 Å². The summed E-state index contributed by atoms with van der Waals surface area (Å²) in [5.41, 5.74) is 3.61. The van der Waals surface area contributed by atoms with Gasteiger partial charge in [-0.05, 0) is 42.7 Å². The Morgan fingerprint density at radius 1 is 1.10 bits per heavy atom. The Morgan fingerprint density at radius 2 is 1.86 bits per heavy atom. The second kappa shape index (κ2) is 9.65. The van der Waals surface area contributed by atoms with Crippen LogP contribution >= 0.6 is 0 Å². The molecule has 0 bridgehead atoms. The van der Waals surface area contributed by atoms with Crippen molar-refractivity contribution in [1.82, 2.24) is 10.2 Å². The molecule has 1 aliphatic heterocycles. The molecule has 0 radical (unpaired) electrons. The molecule has 0 saturated carbocycles. The first-order valence-corrected chi connectivity index (χ1v) is 10.0. The third kappa shape index (κ3) is 5.01. The van der Waals surface area contributed by atoms with Crippen molar-refractivity contribution in [3.8, 4) is 11.5 Å². The van der Waals surface area contributed by atoms with Crippen LogP contribution in [0.3, 0.4) is 0 Å². The fraction of sp³-hybridized carbons (Fsp3) is 0.435. The molecule has 0 spiro atoms. The van der Waals surface area contributed by atoms with Gasteiger partial charge >= 0.3 is 0 Å². The summed E-state index contributed by atoms with van der Waals surface area (Å²) in [5.74, 6) is 1.48. The summed E-state index contributed by atoms with van der Waals surface area (Å²) in [6, 6.07) is 14.1. The summed E-state index contributed by atoms with van der Waals surface area (Å²) in [6.45, 7) is 5.11. The van der Waals surface area contributed by atoms with Crippen molar-refractivity contribution in [1.29, 1.82) is 0 Å². The van der Waals surface area contributed by atoms with Crippen LogP contribution in [0.4, 0.5) is 5.69 Å². The molecule has 6 heteroatoms. The highest BCUT2D eigenvalue weighted by Gasteiger charge is 2.25. The summed E-state index contributed by atoms with van der Waals surface area (Å²) < 4.78 is 10.6. The van der Waals surface area contributed by atoms with Gasteiger partial charge in [0.05, 0.1) is 20.3 Å². The number of ether oxygens (including phenoxy) is 2. The smallest absolute Gasteiger partial charge is 0.237 e. The van der Waals surface area contributed by atoms with Crippen molar-refractivity contribution < 1.29 is 14.3 Å². The molecule has 2 aromatic rings. The molecule has 1 heterocycles. The Bertz CT molecular complexity index is 840. The second-order valence-electron chi connectivity index (χ2n) is 7.43. The van der Waals surface area contributed by atoms with Crippen LogP contribution in [-0.2, 0) is 17.8 Å². The highest BCUT2D eigenvalue weighted by Crippen LogP contribution is 2.27. The maximum atomic E-state index is 12.8. The van der Waals surface area contributed by atoms with Crippen molar-refractivity contribution in [2.24, 2.45) is 0 Å². The Kier molecular flexibility index (Phi) is 6.99. The van der Waals surface area contributed by atoms with Gasteiger partial charge in [0, 0.05) is 38.9 Å². The van der Waals surface area contributed by atoms with E-state index < -0.39 is 0 Å². The highest BCUT2D eigenvalue weighted by atomic mass is 16.5. The first-order valence-electron chi connectivity index (χ1n) is 10.0. The van der Waals surface area contributed by atoms with E-state index in [1.54, 1.807) is 14.2 Å². The molecular formula is C23H31N3O3. The molecule has 1 atom stereocenters. The van der Waals surface area contributed by atoms with E-state index in [4.69, 9.17) is 9.47 Å². The number of likely N-dealkylation sites (N-methyl/N-ethyl adjacent to an activating group) is 1. The van der Waals surface area contributed by atoms with E-state index in [0.29, 0.717) is 18.0 Å². The number of hydrogen-bond donors (Lipinski definition) is 1. The fourth-order valence-corrected chi connectivity index (χ4v) is 3.72. The van der Waals surface area contributed by atoms with Gasteiger partial charge in [-0.3, -0.25) is 9.69 Å². The van der Waals surface area contributed by atoms with Crippen molar-refractivity contribution in [3.63, 3.8) is 0 Å². The third-order valence-electron chi connectivity index (χ3n) is 5.59. The van der Waals surface area contributed by atoms with Gasteiger partial charge in [0.25, 0.3) is 0 Å². The molecule has 1 aliphatic rings. The molecular weight excluding hydrogens is 366 g/mol. The van der Waals surface area contributed by atoms with E-state index in [9.17, 15) is 4.79 Å². The maximum Gasteiger partial charge on any atom is 0.237 e. The predicted octanol–water partition coefficient (Wildman–Crippen LogP) is 2.70. The van der Waals surface area contributed by atoms with Crippen molar-refractivity contribution in [2.75, 3.05) is 45.8 Å². The van der Waals surface area contributed by atoms with Gasteiger partial charge in [0.15, 0.2) is 11.5 Å². The molecule has 2 aromatic carbocycles. The maximum absolute atomic E-state index is 12.8. The van der Waals surface area contributed by atoms with Crippen LogP contribution in [0, 0.1) is 0 Å². The Morgan fingerprint density at radius 3 is 2.62 bits per heavy atom. The number of hydrogen-bond acceptors (Lipinski definition) is 5. The zero-order chi connectivity index (χ0) is 20.8. The zero-order valence-electron chi connectivity index (χ0n) is 17.8. The van der Waals surface area contributed by atoms with Crippen molar-refractivity contribution in [2.45, 2.75) is 25.9 Å². The SMILES string of the molecule is COc1ccc(CCNC(=O)C(C)N2CCN(C)c3ccccc3C2)cc1OC. The number of carbonyl (C=O) groups is 1. The van der Waals surface area contributed by atoms with Crippen LogP contribution < -0.4 is 19.7 Å². The number of nitrogens with zero attached hydrogens (tertiary/aromatic N) is 2. The molecule has 3 rings (SSSR count). The Hall–Kier alpha value is -2.73. The largest absolute Gasteiger partial charge is 0.493 e. The number of rotatable bonds is 7. The molecule has 1 N–H and O–H groups in total. The predicted molar refractivity (Wildman–Crippen MR) is 116 cm³/mol. The molecule has 1 amide bonds. The molecule has 0 aliphatic carbocycles. The monoisotopic (exact) mass is 397 g/mol. The number of fused-ring (bicyclic) bond motifs is 1. The first kappa shape index (κ1) is 21.0. The quantitative estimate of drug-likeness (QED) is 0.779. The Balaban J connectivity index is 1.56. The summed E-state index contributed by atoms with van der Waals surface area (Å²) in [6.07, 6.45) is 0.740. The number of amides is 1. The van der Waals surface area contributed by atoms with Gasteiger partial charge in [0.1, 0.15) is 0 Å². The average molecular weight is 398 g/mol. The lowest BCUT2D eigenvalue weighted by Gasteiger charge is -2.27. The lowest BCUT2D eigenvalue weighted by molar-refractivity contribution is -0.126. The third-order valence-corrected chi connectivity index (χ3v) is 5.59. The number of para-hydroxylation sites is 1. The average Bonchev–Trinajstić information content (AvgIpc) is 2.92. The molecule has 0 fully saturated rings. The van der Waals surface area contributed by atoms with E-state index in [0.717, 1.165) is 31.6 Å². The van der Waals surface area contributed by atoms with E-state index in [1.165, 1.54) is 11.3 Å². The molecule has 156 valence electrons. The lowest BCUT2D eigenvalue weighted by Crippen LogP contribution is -2.46. The fourth-order valence-electron chi connectivity index (χ4n) is 3.72. The van der Waals surface area contributed by atoms with E-state index >= 15 is 0 Å². The summed E-state index contributed by atoms with van der Waals surface area (Å²) in [4.78, 5) is 17.3. The van der Waals surface area contributed by atoms with Crippen LogP contribution in [0.25, 0.3) is 0 Å². The standard InChI is InChI=1S/C23H31N3O3/c1-17(26-14-13-25(2)20-8-6-5-7-19(20)16-26)23(27)24-12-11-18-9-10-21(28-3)22(15-18)29-4/h5-10,15,17H,11-14,16H2,1-4H3,(H,24,27). The summed E-state index contributed by atoms with van der Waals surface area (Å²) in [7, 11) is 5.36. The number of carbonyl (C=O) groups excluding carboxylic acids is 1. The minimum Gasteiger partial charge on any atom is -0.493 e. The van der Waals surface area contributed by atoms with Crippen molar-refractivity contribution in [3.05, 3.63) is 53.6 Å². The highest BCUT2D eigenvalue weighted by molar-refractivity contribution is 5.81. The summed E-state index contributed by atoms with van der Waals surface area (Å²) >= 11 is 0. The van der Waals surface area contributed by atoms with Crippen LogP contribution in [0.1, 0.15) is 18.1 Å². The number of methoxy groups -OCH3 is 2. The zero-order valence-corrected chi connectivity index (χ0v) is 17.8. The second-order valence-corrected chi connectivity index (χ2v) is 7.43. The molecule has 0 aromatic heterocycles. The minimum atomic E-state index is -0.181. The van der Waals surface area contributed by atoms with Crippen molar-refractivity contribution >= 4 is 11.6 Å². The van der Waals surface area contributed by atoms with Gasteiger partial charge in [0.2, 0.25) is 5.91 Å². The van der Waals surface area contributed by atoms with Crippen LogP contribution in [0.15, 0.2) is 42.5 Å². The summed E-state index contributed by atoms with van der Waals surface area (Å²) in [5, 5.41) is 3.08. The van der Waals surface area contributed by atoms with Gasteiger partial charge < -0.3 is 19.7 Å². The number of benzene rings is 2. The number of nitrogens with one attached hydrogen (secondary N) is 1. The normalized spacial score (nSPS) is 15.2. The number of anilines is 1. The van der Waals surface area contributed by atoms with Crippen LogP contribution in [-0.4, -0.2) is 57.8 Å². The first-order chi connectivity index (χ1) is 14.0. The molecule has 0 saturated heterocycles. The molecule has 6 nitrogen and oxygen atoms in total. The molecule has 29 heavy (non-hydrogen) atoms. The van der Waals surface area contributed by atoms with E-state index in [2.05, 4.69) is 46.4 Å². The molecule has 1 unspecified atom stereocenters. The van der Waals surface area contributed by atoms with Gasteiger partial charge in [-0.2, -0.15) is 0 Å². The Labute approximate surface area is 173 Å². The van der Waals surface area contributed by atoms with E-state index in [1.807, 2.05) is 25.1 Å².